The third kappa shape index (κ3) is 5.05. The van der Waals surface area contributed by atoms with Crippen LogP contribution in [0.4, 0.5) is 4.39 Å². The van der Waals surface area contributed by atoms with Gasteiger partial charge >= 0.3 is 5.69 Å². The molecule has 4 heterocycles. The van der Waals surface area contributed by atoms with Gasteiger partial charge < -0.3 is 18.9 Å². The molecule has 1 unspecified atom stereocenters. The number of halogens is 1. The van der Waals surface area contributed by atoms with Crippen molar-refractivity contribution in [3.63, 3.8) is 0 Å². The molecule has 212 valence electrons. The van der Waals surface area contributed by atoms with Gasteiger partial charge in [-0.05, 0) is 18.9 Å². The van der Waals surface area contributed by atoms with Crippen LogP contribution in [0.5, 0.6) is 0 Å². The minimum Gasteiger partial charge on any atom is -0.394 e. The van der Waals surface area contributed by atoms with Crippen LogP contribution in [0.2, 0.25) is 12.6 Å². The number of hydrogen-bond donors (Lipinski definition) is 2. The second kappa shape index (κ2) is 11.4. The molecule has 1 aromatic heterocycles. The van der Waals surface area contributed by atoms with Crippen LogP contribution in [-0.2, 0) is 13.8 Å². The van der Waals surface area contributed by atoms with Crippen LogP contribution in [-0.4, -0.2) is 71.1 Å². The Bertz CT molecular complexity index is 1390. The number of H-pyrrole nitrogens is 1. The highest BCUT2D eigenvalue weighted by atomic mass is 31.2. The molecular formula is C28H33FN3O6PSi. The number of aromatic nitrogens is 2. The number of fused-ring (bicyclic) bond motifs is 1. The minimum absolute atomic E-state index is 0.0868. The number of aliphatic hydroxyl groups excluding tert-OH is 1. The van der Waals surface area contributed by atoms with Crippen LogP contribution in [0.15, 0.2) is 82.5 Å². The summed E-state index contributed by atoms with van der Waals surface area (Å²) < 4.78 is 37.7. The largest absolute Gasteiger partial charge is 0.394 e. The predicted molar refractivity (Wildman–Crippen MR) is 152 cm³/mol. The molecule has 2 aromatic carbocycles. The smallest absolute Gasteiger partial charge is 0.330 e. The lowest BCUT2D eigenvalue weighted by Gasteiger charge is -2.32. The van der Waals surface area contributed by atoms with E-state index >= 15 is 4.39 Å². The van der Waals surface area contributed by atoms with Gasteiger partial charge in [-0.1, -0.05) is 77.6 Å². The highest BCUT2D eigenvalue weighted by Gasteiger charge is 2.54. The first kappa shape index (κ1) is 27.7. The van der Waals surface area contributed by atoms with Crippen LogP contribution < -0.4 is 21.6 Å². The van der Waals surface area contributed by atoms with Gasteiger partial charge in [0.05, 0.1) is 12.7 Å². The van der Waals surface area contributed by atoms with Crippen molar-refractivity contribution in [2.75, 3.05) is 13.2 Å². The molecule has 12 heteroatoms. The first-order valence-electron chi connectivity index (χ1n) is 13.6. The number of aromatic amines is 1. The van der Waals surface area contributed by atoms with E-state index in [1.807, 2.05) is 12.1 Å². The zero-order chi connectivity index (χ0) is 27.9. The number of hydrogen-bond acceptors (Lipinski definition) is 7. The fourth-order valence-corrected chi connectivity index (χ4v) is 12.2. The van der Waals surface area contributed by atoms with E-state index in [0.29, 0.717) is 0 Å². The molecule has 0 saturated carbocycles. The first-order valence-corrected chi connectivity index (χ1v) is 17.5. The van der Waals surface area contributed by atoms with Gasteiger partial charge in [0.2, 0.25) is 0 Å². The van der Waals surface area contributed by atoms with Crippen LogP contribution >= 0.6 is 8.53 Å². The maximum atomic E-state index is 15.8. The van der Waals surface area contributed by atoms with Gasteiger partial charge in [0.15, 0.2) is 12.4 Å². The third-order valence-electron chi connectivity index (χ3n) is 8.35. The monoisotopic (exact) mass is 585 g/mol. The van der Waals surface area contributed by atoms with Crippen LogP contribution in [0.25, 0.3) is 0 Å². The van der Waals surface area contributed by atoms with E-state index < -0.39 is 59.1 Å². The Balaban J connectivity index is 1.24. The molecule has 9 nitrogen and oxygen atoms in total. The Hall–Kier alpha value is -2.50. The summed E-state index contributed by atoms with van der Waals surface area (Å²) >= 11 is 0. The molecule has 3 fully saturated rings. The average Bonchev–Trinajstić information content (AvgIpc) is 3.66. The van der Waals surface area contributed by atoms with Crippen molar-refractivity contribution in [3.05, 3.63) is 93.8 Å². The van der Waals surface area contributed by atoms with Gasteiger partial charge in [0, 0.05) is 24.8 Å². The molecule has 3 saturated heterocycles. The second-order valence-corrected chi connectivity index (χ2v) is 16.4. The SMILES string of the molecule is C[Si](C[C@H]1O[P@](OC2[C@@H](CO)O[C@@H](n3ccc(=O)[nH]c3=O)[C@H]2F)N2CCC[C@@H]12)(c1ccccc1)c1ccccc1. The number of benzene rings is 2. The lowest BCUT2D eigenvalue weighted by molar-refractivity contribution is -0.0473. The van der Waals surface area contributed by atoms with Crippen molar-refractivity contribution < 1.29 is 23.3 Å². The molecule has 0 radical (unpaired) electrons. The van der Waals surface area contributed by atoms with Gasteiger partial charge in [-0.25, -0.2) is 13.9 Å². The minimum atomic E-state index is -2.20. The number of alkyl halides is 1. The molecule has 0 bridgehead atoms. The Kier molecular flexibility index (Phi) is 7.89. The standard InChI is InChI=1S/C28H33FN3O6PSi/c1-40(19-9-4-2-5-10-19,20-11-6-3-7-12-20)18-23-21-13-8-15-32(21)39(37-23)38-26-22(17-33)36-27(25(26)29)31-16-14-24(34)30-28(31)35/h2-7,9-12,14,16,21-23,25-27,33H,8,13,15,17-18H2,1H3,(H,30,34,35)/t21-,22+,23+,25-,26?,27+,39+/m0/s1. The number of ether oxygens (including phenoxy) is 1. The fraction of sp³-hybridized carbons (Fsp3) is 0.429. The maximum absolute atomic E-state index is 15.8. The van der Waals surface area contributed by atoms with E-state index in [-0.39, 0.29) is 12.1 Å². The van der Waals surface area contributed by atoms with E-state index in [4.69, 9.17) is 13.8 Å². The van der Waals surface area contributed by atoms with Crippen molar-refractivity contribution in [1.29, 1.82) is 0 Å². The Morgan fingerprint density at radius 3 is 2.38 bits per heavy atom. The third-order valence-corrected chi connectivity index (χ3v) is 14.6. The summed E-state index contributed by atoms with van der Waals surface area (Å²) in [4.78, 5) is 25.9. The molecule has 0 amide bonds. The zero-order valence-electron chi connectivity index (χ0n) is 22.1. The summed E-state index contributed by atoms with van der Waals surface area (Å²) in [6.45, 7) is 2.68. The lowest BCUT2D eigenvalue weighted by Crippen LogP contribution is -2.58. The molecule has 3 aliphatic rings. The second-order valence-electron chi connectivity index (χ2n) is 10.8. The summed E-state index contributed by atoms with van der Waals surface area (Å²) in [5, 5.41) is 12.6. The molecular weight excluding hydrogens is 552 g/mol. The van der Waals surface area contributed by atoms with E-state index in [2.05, 4.69) is 64.7 Å². The zero-order valence-corrected chi connectivity index (χ0v) is 24.0. The number of rotatable bonds is 8. The molecule has 3 aliphatic heterocycles. The Labute approximate surface area is 233 Å². The molecule has 0 spiro atoms. The van der Waals surface area contributed by atoms with Crippen molar-refractivity contribution in [1.82, 2.24) is 14.2 Å². The lowest BCUT2D eigenvalue weighted by atomic mass is 10.1. The fourth-order valence-electron chi connectivity index (χ4n) is 6.20. The first-order chi connectivity index (χ1) is 19.4. The van der Waals surface area contributed by atoms with Crippen molar-refractivity contribution in [2.45, 2.75) is 62.2 Å². The van der Waals surface area contributed by atoms with Crippen molar-refractivity contribution in [2.24, 2.45) is 0 Å². The Morgan fingerprint density at radius 1 is 1.07 bits per heavy atom. The van der Waals surface area contributed by atoms with Gasteiger partial charge in [-0.3, -0.25) is 14.3 Å². The van der Waals surface area contributed by atoms with Gasteiger partial charge in [0.25, 0.3) is 14.1 Å². The molecule has 2 N–H and O–H groups in total. The highest BCUT2D eigenvalue weighted by molar-refractivity contribution is 7.45. The summed E-state index contributed by atoms with van der Waals surface area (Å²) in [6.07, 6.45) is -2.12. The van der Waals surface area contributed by atoms with Crippen LogP contribution in [0.3, 0.4) is 0 Å². The molecule has 7 atom stereocenters. The normalized spacial score (nSPS) is 30.5. The van der Waals surface area contributed by atoms with E-state index in [9.17, 15) is 14.7 Å². The number of nitrogens with zero attached hydrogens (tertiary/aromatic N) is 2. The molecule has 40 heavy (non-hydrogen) atoms. The van der Waals surface area contributed by atoms with Gasteiger partial charge in [-0.15, -0.1) is 0 Å². The topological polar surface area (TPSA) is 106 Å². The summed E-state index contributed by atoms with van der Waals surface area (Å²) in [6, 6.07) is 23.3. The van der Waals surface area contributed by atoms with Crippen LogP contribution in [0.1, 0.15) is 19.1 Å². The predicted octanol–water partition coefficient (Wildman–Crippen LogP) is 2.13. The molecule has 3 aromatic rings. The van der Waals surface area contributed by atoms with Crippen molar-refractivity contribution >= 4 is 27.0 Å². The maximum Gasteiger partial charge on any atom is 0.330 e. The summed E-state index contributed by atoms with van der Waals surface area (Å²) in [7, 11) is -3.81. The summed E-state index contributed by atoms with van der Waals surface area (Å²) in [5.41, 5.74) is -1.37. The quantitative estimate of drug-likeness (QED) is 0.308. The number of aliphatic hydroxyl groups is 1. The van der Waals surface area contributed by atoms with E-state index in [0.717, 1.165) is 36.1 Å². The molecule has 6 rings (SSSR count). The highest BCUT2D eigenvalue weighted by Crippen LogP contribution is 2.59. The average molecular weight is 586 g/mol. The molecule has 0 aliphatic carbocycles. The summed E-state index contributed by atoms with van der Waals surface area (Å²) in [5.74, 6) is 0. The number of nitrogens with one attached hydrogen (secondary N) is 1. The van der Waals surface area contributed by atoms with E-state index in [1.165, 1.54) is 16.6 Å². The van der Waals surface area contributed by atoms with Gasteiger partial charge in [-0.2, -0.15) is 0 Å². The van der Waals surface area contributed by atoms with Gasteiger partial charge in [0.1, 0.15) is 20.3 Å². The van der Waals surface area contributed by atoms with Crippen LogP contribution in [0, 0.1) is 0 Å². The van der Waals surface area contributed by atoms with Crippen molar-refractivity contribution in [3.8, 4) is 0 Å². The van der Waals surface area contributed by atoms with E-state index in [1.54, 1.807) is 0 Å². The Morgan fingerprint density at radius 2 is 1.75 bits per heavy atom.